The van der Waals surface area contributed by atoms with Crippen LogP contribution in [0.3, 0.4) is 0 Å². The molecule has 0 radical (unpaired) electrons. The van der Waals surface area contributed by atoms with Gasteiger partial charge in [0.2, 0.25) is 0 Å². The molecule has 2 unspecified atom stereocenters. The first kappa shape index (κ1) is 15.2. The lowest BCUT2D eigenvalue weighted by molar-refractivity contribution is 0.0341. The summed E-state index contributed by atoms with van der Waals surface area (Å²) >= 11 is 0. The Morgan fingerprint density at radius 2 is 2.05 bits per heavy atom. The lowest BCUT2D eigenvalue weighted by atomic mass is 10.1. The van der Waals surface area contributed by atoms with Crippen molar-refractivity contribution in [2.45, 2.75) is 38.8 Å². The minimum absolute atomic E-state index is 0.534. The van der Waals surface area contributed by atoms with Gasteiger partial charge in [0.1, 0.15) is 0 Å². The average molecular weight is 269 g/mol. The quantitative estimate of drug-likeness (QED) is 0.747. The summed E-state index contributed by atoms with van der Waals surface area (Å²) < 4.78 is 5.43. The van der Waals surface area contributed by atoms with Crippen molar-refractivity contribution >= 4 is 0 Å². The molecule has 2 saturated heterocycles. The highest BCUT2D eigenvalue weighted by Crippen LogP contribution is 2.22. The highest BCUT2D eigenvalue weighted by Gasteiger charge is 2.33. The molecule has 0 bridgehead atoms. The third kappa shape index (κ3) is 4.42. The number of hydrogen-bond donors (Lipinski definition) is 1. The van der Waals surface area contributed by atoms with Crippen LogP contribution in [0.2, 0.25) is 0 Å². The fourth-order valence-corrected chi connectivity index (χ4v) is 3.37. The SMILES string of the molecule is COCC(CNCC(C)C)N1CCN2CCCC2C1. The van der Waals surface area contributed by atoms with E-state index in [4.69, 9.17) is 4.74 Å². The molecule has 2 fully saturated rings. The Labute approximate surface area is 118 Å². The lowest BCUT2D eigenvalue weighted by Gasteiger charge is -2.41. The Hall–Kier alpha value is -0.160. The van der Waals surface area contributed by atoms with E-state index >= 15 is 0 Å². The Morgan fingerprint density at radius 1 is 1.21 bits per heavy atom. The molecule has 19 heavy (non-hydrogen) atoms. The molecule has 2 atom stereocenters. The fourth-order valence-electron chi connectivity index (χ4n) is 3.37. The monoisotopic (exact) mass is 269 g/mol. The van der Waals surface area contributed by atoms with Crippen LogP contribution in [0.15, 0.2) is 0 Å². The Balaban J connectivity index is 1.80. The molecule has 2 rings (SSSR count). The summed E-state index contributed by atoms with van der Waals surface area (Å²) in [7, 11) is 1.82. The van der Waals surface area contributed by atoms with Crippen molar-refractivity contribution in [3.63, 3.8) is 0 Å². The zero-order chi connectivity index (χ0) is 13.7. The van der Waals surface area contributed by atoms with Gasteiger partial charge in [-0.15, -0.1) is 0 Å². The van der Waals surface area contributed by atoms with Gasteiger partial charge < -0.3 is 10.1 Å². The molecular formula is C15H31N3O. The average Bonchev–Trinajstić information content (AvgIpc) is 2.84. The predicted octanol–water partition coefficient (Wildman–Crippen LogP) is 1.03. The molecule has 0 saturated carbocycles. The molecule has 0 aromatic carbocycles. The molecular weight excluding hydrogens is 238 g/mol. The van der Waals surface area contributed by atoms with Crippen LogP contribution in [0.1, 0.15) is 26.7 Å². The largest absolute Gasteiger partial charge is 0.383 e. The first-order valence-electron chi connectivity index (χ1n) is 7.88. The molecule has 112 valence electrons. The number of ether oxygens (including phenoxy) is 1. The standard InChI is InChI=1S/C15H31N3O/c1-13(2)9-16-10-15(12-19-3)18-8-7-17-6-4-5-14(17)11-18/h13-16H,4-12H2,1-3H3. The summed E-state index contributed by atoms with van der Waals surface area (Å²) in [4.78, 5) is 5.31. The number of methoxy groups -OCH3 is 1. The first-order valence-corrected chi connectivity index (χ1v) is 7.88. The van der Waals surface area contributed by atoms with Gasteiger partial charge in [-0.05, 0) is 31.8 Å². The van der Waals surface area contributed by atoms with E-state index in [2.05, 4.69) is 29.0 Å². The van der Waals surface area contributed by atoms with Crippen molar-refractivity contribution in [1.82, 2.24) is 15.1 Å². The molecule has 4 heteroatoms. The van der Waals surface area contributed by atoms with E-state index in [0.29, 0.717) is 6.04 Å². The molecule has 0 aliphatic carbocycles. The summed E-state index contributed by atoms with van der Waals surface area (Å²) in [6.45, 7) is 12.5. The van der Waals surface area contributed by atoms with Crippen molar-refractivity contribution in [3.8, 4) is 0 Å². The summed E-state index contributed by atoms with van der Waals surface area (Å²) in [6.07, 6.45) is 2.77. The number of fused-ring (bicyclic) bond motifs is 1. The summed E-state index contributed by atoms with van der Waals surface area (Å²) in [5.41, 5.74) is 0. The van der Waals surface area contributed by atoms with Gasteiger partial charge in [-0.3, -0.25) is 9.80 Å². The molecule has 4 nitrogen and oxygen atoms in total. The smallest absolute Gasteiger partial charge is 0.0630 e. The van der Waals surface area contributed by atoms with Crippen LogP contribution in [0.4, 0.5) is 0 Å². The highest BCUT2D eigenvalue weighted by atomic mass is 16.5. The zero-order valence-electron chi connectivity index (χ0n) is 12.9. The third-order valence-corrected chi connectivity index (χ3v) is 4.43. The molecule has 0 aromatic heterocycles. The fraction of sp³-hybridized carbons (Fsp3) is 1.00. The Morgan fingerprint density at radius 3 is 2.79 bits per heavy atom. The van der Waals surface area contributed by atoms with Crippen molar-refractivity contribution in [1.29, 1.82) is 0 Å². The van der Waals surface area contributed by atoms with Crippen LogP contribution >= 0.6 is 0 Å². The minimum Gasteiger partial charge on any atom is -0.383 e. The van der Waals surface area contributed by atoms with E-state index in [1.54, 1.807) is 0 Å². The maximum Gasteiger partial charge on any atom is 0.0630 e. The predicted molar refractivity (Wildman–Crippen MR) is 79.5 cm³/mol. The molecule has 2 heterocycles. The molecule has 0 spiro atoms. The van der Waals surface area contributed by atoms with Crippen LogP contribution in [-0.4, -0.2) is 74.9 Å². The second kappa shape index (κ2) is 7.58. The molecule has 2 aliphatic rings. The van der Waals surface area contributed by atoms with Crippen molar-refractivity contribution in [2.75, 3.05) is 53.0 Å². The van der Waals surface area contributed by atoms with E-state index in [-0.39, 0.29) is 0 Å². The second-order valence-electron chi connectivity index (χ2n) is 6.49. The maximum atomic E-state index is 5.43. The van der Waals surface area contributed by atoms with Crippen LogP contribution in [-0.2, 0) is 4.74 Å². The Kier molecular flexibility index (Phi) is 6.07. The maximum absolute atomic E-state index is 5.43. The number of nitrogens with zero attached hydrogens (tertiary/aromatic N) is 2. The van der Waals surface area contributed by atoms with E-state index in [1.807, 2.05) is 7.11 Å². The number of rotatable bonds is 7. The third-order valence-electron chi connectivity index (χ3n) is 4.43. The summed E-state index contributed by atoms with van der Waals surface area (Å²) in [5, 5.41) is 3.59. The topological polar surface area (TPSA) is 27.7 Å². The molecule has 2 aliphatic heterocycles. The number of nitrogens with one attached hydrogen (secondary N) is 1. The summed E-state index contributed by atoms with van der Waals surface area (Å²) in [6, 6.07) is 1.34. The van der Waals surface area contributed by atoms with Crippen LogP contribution in [0, 0.1) is 5.92 Å². The lowest BCUT2D eigenvalue weighted by Crippen LogP contribution is -2.56. The summed E-state index contributed by atoms with van der Waals surface area (Å²) in [5.74, 6) is 0.717. The van der Waals surface area contributed by atoms with Gasteiger partial charge >= 0.3 is 0 Å². The second-order valence-corrected chi connectivity index (χ2v) is 6.49. The van der Waals surface area contributed by atoms with E-state index < -0.39 is 0 Å². The van der Waals surface area contributed by atoms with Gasteiger partial charge in [-0.1, -0.05) is 13.8 Å². The normalized spacial score (nSPS) is 26.8. The van der Waals surface area contributed by atoms with Crippen LogP contribution in [0.5, 0.6) is 0 Å². The van der Waals surface area contributed by atoms with Crippen molar-refractivity contribution in [3.05, 3.63) is 0 Å². The minimum atomic E-state index is 0.534. The van der Waals surface area contributed by atoms with Gasteiger partial charge in [-0.25, -0.2) is 0 Å². The van der Waals surface area contributed by atoms with Crippen LogP contribution < -0.4 is 5.32 Å². The van der Waals surface area contributed by atoms with E-state index in [0.717, 1.165) is 31.7 Å². The van der Waals surface area contributed by atoms with Crippen LogP contribution in [0.25, 0.3) is 0 Å². The van der Waals surface area contributed by atoms with Gasteiger partial charge in [-0.2, -0.15) is 0 Å². The van der Waals surface area contributed by atoms with E-state index in [9.17, 15) is 0 Å². The van der Waals surface area contributed by atoms with E-state index in [1.165, 1.54) is 39.0 Å². The van der Waals surface area contributed by atoms with Gasteiger partial charge in [0, 0.05) is 45.4 Å². The number of hydrogen-bond acceptors (Lipinski definition) is 4. The zero-order valence-corrected chi connectivity index (χ0v) is 12.9. The van der Waals surface area contributed by atoms with Crippen molar-refractivity contribution < 1.29 is 4.74 Å². The van der Waals surface area contributed by atoms with Gasteiger partial charge in [0.15, 0.2) is 0 Å². The molecule has 1 N–H and O–H groups in total. The number of piperazine rings is 1. The first-order chi connectivity index (χ1) is 9.20. The Bertz CT molecular complexity index is 260. The highest BCUT2D eigenvalue weighted by molar-refractivity contribution is 4.89. The molecule has 0 amide bonds. The van der Waals surface area contributed by atoms with Gasteiger partial charge in [0.05, 0.1) is 6.61 Å². The van der Waals surface area contributed by atoms with Crippen molar-refractivity contribution in [2.24, 2.45) is 5.92 Å². The molecule has 0 aromatic rings. The van der Waals surface area contributed by atoms with Gasteiger partial charge in [0.25, 0.3) is 0 Å².